The molecular weight excluding hydrogens is 258 g/mol. The molecule has 0 radical (unpaired) electrons. The Hall–Kier alpha value is -2.68. The van der Waals surface area contributed by atoms with Crippen LogP contribution >= 0.6 is 0 Å². The van der Waals surface area contributed by atoms with Gasteiger partial charge in [0, 0.05) is 11.6 Å². The van der Waals surface area contributed by atoms with E-state index < -0.39 is 0 Å². The lowest BCUT2D eigenvalue weighted by Crippen LogP contribution is -2.33. The minimum Gasteiger partial charge on any atom is -0.227 e. The van der Waals surface area contributed by atoms with Crippen molar-refractivity contribution < 1.29 is 4.57 Å². The second-order valence-electron chi connectivity index (χ2n) is 5.34. The SMILES string of the molecule is Cc1ccccc1-c1ccc2nc3ccccn3c2[n+]1C. The molecule has 0 bridgehead atoms. The van der Waals surface area contributed by atoms with Crippen LogP contribution in [-0.4, -0.2) is 9.38 Å². The van der Waals surface area contributed by atoms with Gasteiger partial charge in [-0.1, -0.05) is 30.3 Å². The Morgan fingerprint density at radius 2 is 1.76 bits per heavy atom. The van der Waals surface area contributed by atoms with E-state index in [1.54, 1.807) is 0 Å². The molecule has 0 amide bonds. The zero-order chi connectivity index (χ0) is 14.4. The first-order valence-corrected chi connectivity index (χ1v) is 7.07. The fraction of sp³-hybridized carbons (Fsp3) is 0.111. The van der Waals surface area contributed by atoms with E-state index in [2.05, 4.69) is 70.5 Å². The van der Waals surface area contributed by atoms with Gasteiger partial charge in [0.15, 0.2) is 5.52 Å². The maximum atomic E-state index is 4.68. The molecule has 0 saturated heterocycles. The van der Waals surface area contributed by atoms with E-state index in [9.17, 15) is 0 Å². The average Bonchev–Trinajstić information content (AvgIpc) is 2.88. The minimum absolute atomic E-state index is 0.977. The highest BCUT2D eigenvalue weighted by Crippen LogP contribution is 2.22. The van der Waals surface area contributed by atoms with Gasteiger partial charge in [0.25, 0.3) is 0 Å². The van der Waals surface area contributed by atoms with Gasteiger partial charge in [-0.3, -0.25) is 0 Å². The summed E-state index contributed by atoms with van der Waals surface area (Å²) < 4.78 is 4.36. The Labute approximate surface area is 123 Å². The van der Waals surface area contributed by atoms with Crippen molar-refractivity contribution in [2.24, 2.45) is 7.05 Å². The van der Waals surface area contributed by atoms with Crippen molar-refractivity contribution in [3.05, 3.63) is 66.4 Å². The molecule has 0 N–H and O–H groups in total. The van der Waals surface area contributed by atoms with E-state index in [1.807, 2.05) is 18.2 Å². The summed E-state index contributed by atoms with van der Waals surface area (Å²) in [6.45, 7) is 2.15. The van der Waals surface area contributed by atoms with Gasteiger partial charge in [0.2, 0.25) is 5.65 Å². The maximum absolute atomic E-state index is 4.68. The summed E-state index contributed by atoms with van der Waals surface area (Å²) in [5.41, 5.74) is 6.85. The zero-order valence-electron chi connectivity index (χ0n) is 12.1. The summed E-state index contributed by atoms with van der Waals surface area (Å²) in [6.07, 6.45) is 2.06. The van der Waals surface area contributed by atoms with Crippen LogP contribution in [0.1, 0.15) is 5.56 Å². The molecule has 0 aliphatic carbocycles. The van der Waals surface area contributed by atoms with Crippen molar-refractivity contribution >= 4 is 16.8 Å². The predicted molar refractivity (Wildman–Crippen MR) is 84.0 cm³/mol. The Balaban J connectivity index is 2.11. The zero-order valence-corrected chi connectivity index (χ0v) is 12.1. The Morgan fingerprint density at radius 1 is 0.952 bits per heavy atom. The molecule has 0 atom stereocenters. The van der Waals surface area contributed by atoms with E-state index >= 15 is 0 Å². The van der Waals surface area contributed by atoms with Gasteiger partial charge in [-0.05, 0) is 30.7 Å². The maximum Gasteiger partial charge on any atom is 0.314 e. The average molecular weight is 274 g/mol. The van der Waals surface area contributed by atoms with E-state index in [-0.39, 0.29) is 0 Å². The van der Waals surface area contributed by atoms with Crippen LogP contribution in [-0.2, 0) is 7.05 Å². The van der Waals surface area contributed by atoms with Crippen molar-refractivity contribution in [1.82, 2.24) is 9.38 Å². The first kappa shape index (κ1) is 12.1. The predicted octanol–water partition coefficient (Wildman–Crippen LogP) is 3.29. The smallest absolute Gasteiger partial charge is 0.227 e. The number of pyridine rings is 2. The van der Waals surface area contributed by atoms with Crippen LogP contribution in [0.4, 0.5) is 0 Å². The third-order valence-corrected chi connectivity index (χ3v) is 4.03. The number of aryl methyl sites for hydroxylation is 2. The van der Waals surface area contributed by atoms with Gasteiger partial charge in [0.1, 0.15) is 5.69 Å². The van der Waals surface area contributed by atoms with E-state index in [0.29, 0.717) is 0 Å². The van der Waals surface area contributed by atoms with Crippen LogP contribution < -0.4 is 4.57 Å². The van der Waals surface area contributed by atoms with Crippen molar-refractivity contribution in [3.63, 3.8) is 0 Å². The van der Waals surface area contributed by atoms with Crippen LogP contribution in [0.5, 0.6) is 0 Å². The van der Waals surface area contributed by atoms with Gasteiger partial charge in [-0.15, -0.1) is 0 Å². The monoisotopic (exact) mass is 274 g/mol. The van der Waals surface area contributed by atoms with Gasteiger partial charge < -0.3 is 0 Å². The summed E-state index contributed by atoms with van der Waals surface area (Å²) in [6, 6.07) is 18.8. The van der Waals surface area contributed by atoms with E-state index in [4.69, 9.17) is 0 Å². The number of aromatic nitrogens is 3. The third kappa shape index (κ3) is 1.74. The first-order chi connectivity index (χ1) is 10.3. The van der Waals surface area contributed by atoms with Gasteiger partial charge in [-0.2, -0.15) is 4.40 Å². The minimum atomic E-state index is 0.977. The highest BCUT2D eigenvalue weighted by molar-refractivity contribution is 5.76. The topological polar surface area (TPSA) is 21.2 Å². The quantitative estimate of drug-likeness (QED) is 0.488. The van der Waals surface area contributed by atoms with E-state index in [1.165, 1.54) is 16.8 Å². The summed E-state index contributed by atoms with van der Waals surface area (Å²) in [5.74, 6) is 0. The molecule has 0 aliphatic rings. The van der Waals surface area contributed by atoms with Gasteiger partial charge in [-0.25, -0.2) is 9.55 Å². The number of fused-ring (bicyclic) bond motifs is 3. The number of nitrogens with zero attached hydrogens (tertiary/aromatic N) is 3. The second kappa shape index (κ2) is 4.42. The molecule has 0 spiro atoms. The number of hydrogen-bond donors (Lipinski definition) is 0. The normalized spacial score (nSPS) is 11.3. The largest absolute Gasteiger partial charge is 0.314 e. The standard InChI is InChI=1S/C18H16N3/c1-13-7-3-4-8-14(13)16-11-10-15-18(20(16)2)21-12-6-5-9-17(21)19-15/h3-12H,1-2H3/q+1. The van der Waals surface area contributed by atoms with Crippen molar-refractivity contribution in [2.75, 3.05) is 0 Å². The summed E-state index contributed by atoms with van der Waals surface area (Å²) in [4.78, 5) is 4.68. The van der Waals surface area contributed by atoms with Crippen LogP contribution in [0.2, 0.25) is 0 Å². The molecule has 0 fully saturated rings. The highest BCUT2D eigenvalue weighted by Gasteiger charge is 2.18. The Bertz CT molecular complexity index is 967. The first-order valence-electron chi connectivity index (χ1n) is 7.07. The summed E-state index contributed by atoms with van der Waals surface area (Å²) in [7, 11) is 2.10. The fourth-order valence-electron chi connectivity index (χ4n) is 2.96. The molecule has 3 nitrogen and oxygen atoms in total. The molecule has 4 aromatic rings. The lowest BCUT2D eigenvalue weighted by atomic mass is 10.0. The number of rotatable bonds is 1. The molecule has 21 heavy (non-hydrogen) atoms. The lowest BCUT2D eigenvalue weighted by Gasteiger charge is -2.07. The molecule has 0 saturated carbocycles. The molecule has 3 aromatic heterocycles. The number of imidazole rings is 1. The van der Waals surface area contributed by atoms with E-state index in [0.717, 1.165) is 16.8 Å². The Kier molecular flexibility index (Phi) is 2.54. The Morgan fingerprint density at radius 3 is 2.62 bits per heavy atom. The van der Waals surface area contributed by atoms with Gasteiger partial charge in [0.05, 0.1) is 13.2 Å². The molecule has 0 unspecified atom stereocenters. The van der Waals surface area contributed by atoms with Crippen molar-refractivity contribution in [1.29, 1.82) is 0 Å². The molecule has 3 heterocycles. The number of hydrogen-bond acceptors (Lipinski definition) is 1. The third-order valence-electron chi connectivity index (χ3n) is 4.03. The number of benzene rings is 1. The van der Waals surface area contributed by atoms with Crippen molar-refractivity contribution in [2.45, 2.75) is 6.92 Å². The van der Waals surface area contributed by atoms with Crippen LogP contribution in [0.25, 0.3) is 28.1 Å². The summed E-state index contributed by atoms with van der Waals surface area (Å²) in [5, 5.41) is 0. The van der Waals surface area contributed by atoms with Crippen LogP contribution in [0.3, 0.4) is 0 Å². The molecular formula is C18H16N3+. The summed E-state index contributed by atoms with van der Waals surface area (Å²) >= 11 is 0. The molecule has 3 heteroatoms. The molecule has 1 aromatic carbocycles. The second-order valence-corrected chi connectivity index (χ2v) is 5.34. The van der Waals surface area contributed by atoms with Gasteiger partial charge >= 0.3 is 5.65 Å². The lowest BCUT2D eigenvalue weighted by molar-refractivity contribution is -0.635. The fourth-order valence-corrected chi connectivity index (χ4v) is 2.96. The highest BCUT2D eigenvalue weighted by atomic mass is 15.1. The van der Waals surface area contributed by atoms with Crippen molar-refractivity contribution in [3.8, 4) is 11.3 Å². The van der Waals surface area contributed by atoms with Crippen LogP contribution in [0.15, 0.2) is 60.8 Å². The molecule has 0 aliphatic heterocycles. The molecule has 4 rings (SSSR count). The molecule has 102 valence electrons. The van der Waals surface area contributed by atoms with Crippen LogP contribution in [0, 0.1) is 6.92 Å².